The first kappa shape index (κ1) is 15.6. The number of aryl methyl sites for hydroxylation is 1. The minimum Gasteiger partial charge on any atom is -0.326 e. The average Bonchev–Trinajstić information content (AvgIpc) is 2.55. The molecule has 0 unspecified atom stereocenters. The summed E-state index contributed by atoms with van der Waals surface area (Å²) in [7, 11) is 0. The van der Waals surface area contributed by atoms with Gasteiger partial charge in [-0.25, -0.2) is 4.98 Å². The molecule has 2 aromatic carbocycles. The van der Waals surface area contributed by atoms with Gasteiger partial charge in [-0.1, -0.05) is 36.4 Å². The number of pyridine rings is 1. The van der Waals surface area contributed by atoms with E-state index in [1.54, 1.807) is 11.8 Å². The van der Waals surface area contributed by atoms with Gasteiger partial charge in [0, 0.05) is 23.2 Å². The number of carbonyl (C=O) groups is 1. The zero-order valence-electron chi connectivity index (χ0n) is 13.0. The summed E-state index contributed by atoms with van der Waals surface area (Å²) >= 11 is 1.61. The summed E-state index contributed by atoms with van der Waals surface area (Å²) in [6.07, 6.45) is 0.465. The lowest BCUT2D eigenvalue weighted by atomic mass is 10.2. The van der Waals surface area contributed by atoms with E-state index in [1.165, 1.54) is 0 Å². The first-order chi connectivity index (χ1) is 11.2. The van der Waals surface area contributed by atoms with Crippen LogP contribution in [0.5, 0.6) is 0 Å². The second kappa shape index (κ2) is 7.29. The second-order valence-electron chi connectivity index (χ2n) is 5.36. The van der Waals surface area contributed by atoms with Crippen molar-refractivity contribution in [3.05, 3.63) is 66.2 Å². The molecule has 0 atom stereocenters. The molecule has 0 aliphatic carbocycles. The molecule has 0 bridgehead atoms. The number of anilines is 1. The van der Waals surface area contributed by atoms with Gasteiger partial charge in [-0.05, 0) is 36.8 Å². The van der Waals surface area contributed by atoms with Gasteiger partial charge in [-0.3, -0.25) is 4.79 Å². The zero-order chi connectivity index (χ0) is 16.1. The summed E-state index contributed by atoms with van der Waals surface area (Å²) in [4.78, 5) is 16.6. The number of hydrogen-bond acceptors (Lipinski definition) is 3. The molecule has 0 aliphatic rings. The van der Waals surface area contributed by atoms with Crippen LogP contribution < -0.4 is 5.32 Å². The predicted molar refractivity (Wildman–Crippen MR) is 96.9 cm³/mol. The minimum absolute atomic E-state index is 0.0314. The second-order valence-corrected chi connectivity index (χ2v) is 6.47. The molecule has 0 aliphatic heterocycles. The molecule has 116 valence electrons. The summed E-state index contributed by atoms with van der Waals surface area (Å²) in [5.41, 5.74) is 2.98. The van der Waals surface area contributed by atoms with E-state index in [4.69, 9.17) is 0 Å². The van der Waals surface area contributed by atoms with Crippen molar-refractivity contribution in [1.29, 1.82) is 0 Å². The Balaban J connectivity index is 1.52. The molecular formula is C19H18N2OS. The van der Waals surface area contributed by atoms with Crippen LogP contribution in [-0.4, -0.2) is 16.6 Å². The number of rotatable bonds is 5. The van der Waals surface area contributed by atoms with Gasteiger partial charge in [0.2, 0.25) is 5.91 Å². The van der Waals surface area contributed by atoms with Crippen molar-refractivity contribution in [3.8, 4) is 0 Å². The highest BCUT2D eigenvalue weighted by Crippen LogP contribution is 2.20. The number of hydrogen-bond donors (Lipinski definition) is 1. The smallest absolute Gasteiger partial charge is 0.225 e. The van der Waals surface area contributed by atoms with Crippen molar-refractivity contribution in [2.24, 2.45) is 0 Å². The minimum atomic E-state index is 0.0314. The van der Waals surface area contributed by atoms with Gasteiger partial charge in [-0.2, -0.15) is 0 Å². The van der Waals surface area contributed by atoms with Crippen molar-refractivity contribution in [3.63, 3.8) is 0 Å². The average molecular weight is 322 g/mol. The third-order valence-electron chi connectivity index (χ3n) is 3.45. The van der Waals surface area contributed by atoms with E-state index >= 15 is 0 Å². The number of thioether (sulfide) groups is 1. The number of fused-ring (bicyclic) bond motifs is 1. The molecule has 0 radical (unpaired) electrons. The van der Waals surface area contributed by atoms with Gasteiger partial charge in [0.05, 0.1) is 10.5 Å². The van der Waals surface area contributed by atoms with E-state index < -0.39 is 0 Å². The SMILES string of the molecule is Cc1cccc(NC(=O)CCSc2ccc3ccccc3n2)c1. The van der Waals surface area contributed by atoms with Crippen LogP contribution in [-0.2, 0) is 4.79 Å². The lowest BCUT2D eigenvalue weighted by molar-refractivity contribution is -0.115. The number of para-hydroxylation sites is 1. The number of nitrogens with one attached hydrogen (secondary N) is 1. The van der Waals surface area contributed by atoms with E-state index in [-0.39, 0.29) is 5.91 Å². The van der Waals surface area contributed by atoms with Gasteiger partial charge in [0.15, 0.2) is 0 Å². The molecule has 0 fully saturated rings. The van der Waals surface area contributed by atoms with E-state index in [0.717, 1.165) is 27.2 Å². The van der Waals surface area contributed by atoms with Gasteiger partial charge in [0.25, 0.3) is 0 Å². The Labute approximate surface area is 140 Å². The van der Waals surface area contributed by atoms with Crippen molar-refractivity contribution in [1.82, 2.24) is 4.98 Å². The van der Waals surface area contributed by atoms with Gasteiger partial charge in [0.1, 0.15) is 0 Å². The van der Waals surface area contributed by atoms with E-state index in [0.29, 0.717) is 12.2 Å². The topological polar surface area (TPSA) is 42.0 Å². The van der Waals surface area contributed by atoms with Crippen molar-refractivity contribution in [2.75, 3.05) is 11.1 Å². The molecule has 4 heteroatoms. The molecule has 0 saturated heterocycles. The fourth-order valence-corrected chi connectivity index (χ4v) is 3.15. The molecule has 0 saturated carbocycles. The summed E-state index contributed by atoms with van der Waals surface area (Å²) in [5, 5.41) is 5.01. The maximum absolute atomic E-state index is 12.0. The maximum Gasteiger partial charge on any atom is 0.225 e. The Morgan fingerprint density at radius 1 is 1.09 bits per heavy atom. The number of carbonyl (C=O) groups excluding carboxylic acids is 1. The van der Waals surface area contributed by atoms with Crippen LogP contribution in [0.3, 0.4) is 0 Å². The Kier molecular flexibility index (Phi) is 4.93. The predicted octanol–water partition coefficient (Wildman–Crippen LogP) is 4.66. The number of benzene rings is 2. The van der Waals surface area contributed by atoms with Crippen LogP contribution in [0, 0.1) is 6.92 Å². The Morgan fingerprint density at radius 3 is 2.83 bits per heavy atom. The molecular weight excluding hydrogens is 304 g/mol. The van der Waals surface area contributed by atoms with Gasteiger partial charge < -0.3 is 5.32 Å². The molecule has 1 amide bonds. The molecule has 3 rings (SSSR count). The van der Waals surface area contributed by atoms with E-state index in [9.17, 15) is 4.79 Å². The van der Waals surface area contributed by atoms with Gasteiger partial charge in [-0.15, -0.1) is 11.8 Å². The Bertz CT molecular complexity index is 832. The lowest BCUT2D eigenvalue weighted by Crippen LogP contribution is -2.12. The van der Waals surface area contributed by atoms with Gasteiger partial charge >= 0.3 is 0 Å². The first-order valence-electron chi connectivity index (χ1n) is 7.56. The summed E-state index contributed by atoms with van der Waals surface area (Å²) in [6, 6.07) is 19.9. The van der Waals surface area contributed by atoms with Crippen LogP contribution >= 0.6 is 11.8 Å². The normalized spacial score (nSPS) is 10.7. The molecule has 0 spiro atoms. The molecule has 23 heavy (non-hydrogen) atoms. The van der Waals surface area contributed by atoms with Crippen LogP contribution in [0.25, 0.3) is 10.9 Å². The number of nitrogens with zero attached hydrogens (tertiary/aromatic N) is 1. The van der Waals surface area contributed by atoms with E-state index in [2.05, 4.69) is 16.4 Å². The Morgan fingerprint density at radius 2 is 1.96 bits per heavy atom. The highest BCUT2D eigenvalue weighted by Gasteiger charge is 2.04. The number of aromatic nitrogens is 1. The fraction of sp³-hybridized carbons (Fsp3) is 0.158. The highest BCUT2D eigenvalue weighted by atomic mass is 32.2. The van der Waals surface area contributed by atoms with Crippen molar-refractivity contribution < 1.29 is 4.79 Å². The summed E-state index contributed by atoms with van der Waals surface area (Å²) in [5.74, 6) is 0.743. The van der Waals surface area contributed by atoms with Crippen molar-refractivity contribution >= 4 is 34.3 Å². The molecule has 1 aromatic heterocycles. The lowest BCUT2D eigenvalue weighted by Gasteiger charge is -2.06. The standard InChI is InChI=1S/C19H18N2OS/c1-14-5-4-7-16(13-14)20-18(22)11-12-23-19-10-9-15-6-2-3-8-17(15)21-19/h2-10,13H,11-12H2,1H3,(H,20,22). The molecule has 3 nitrogen and oxygen atoms in total. The zero-order valence-corrected chi connectivity index (χ0v) is 13.8. The van der Waals surface area contributed by atoms with Crippen LogP contribution in [0.4, 0.5) is 5.69 Å². The summed E-state index contributed by atoms with van der Waals surface area (Å²) < 4.78 is 0. The first-order valence-corrected chi connectivity index (χ1v) is 8.54. The highest BCUT2D eigenvalue weighted by molar-refractivity contribution is 7.99. The van der Waals surface area contributed by atoms with Crippen LogP contribution in [0.15, 0.2) is 65.7 Å². The quantitative estimate of drug-likeness (QED) is 0.694. The maximum atomic E-state index is 12.0. The van der Waals surface area contributed by atoms with Crippen molar-refractivity contribution in [2.45, 2.75) is 18.4 Å². The third-order valence-corrected chi connectivity index (χ3v) is 4.39. The fourth-order valence-electron chi connectivity index (χ4n) is 2.32. The molecule has 1 N–H and O–H groups in total. The monoisotopic (exact) mass is 322 g/mol. The van der Waals surface area contributed by atoms with Crippen LogP contribution in [0.2, 0.25) is 0 Å². The molecule has 3 aromatic rings. The number of amides is 1. The largest absolute Gasteiger partial charge is 0.326 e. The molecule has 1 heterocycles. The van der Waals surface area contributed by atoms with Crippen LogP contribution in [0.1, 0.15) is 12.0 Å². The summed E-state index contributed by atoms with van der Waals surface area (Å²) in [6.45, 7) is 2.01. The Hall–Kier alpha value is -2.33. The third kappa shape index (κ3) is 4.33. The van der Waals surface area contributed by atoms with E-state index in [1.807, 2.05) is 61.5 Å².